The quantitative estimate of drug-likeness (QED) is 0.571. The van der Waals surface area contributed by atoms with Crippen LogP contribution >= 0.6 is 0 Å². The summed E-state index contributed by atoms with van der Waals surface area (Å²) in [6.45, 7) is 5.20. The van der Waals surface area contributed by atoms with Gasteiger partial charge in [0.05, 0.1) is 0 Å². The first-order valence-electron chi connectivity index (χ1n) is 7.76. The third-order valence-electron chi connectivity index (χ3n) is 3.46. The summed E-state index contributed by atoms with van der Waals surface area (Å²) in [5.74, 6) is -0.896. The molecular formula is C17H26N2O2. The molecule has 4 heteroatoms. The molecule has 4 nitrogen and oxygen atoms in total. The van der Waals surface area contributed by atoms with Crippen LogP contribution in [0.2, 0.25) is 0 Å². The van der Waals surface area contributed by atoms with Crippen LogP contribution in [0.4, 0.5) is 0 Å². The minimum atomic E-state index is -0.548. The summed E-state index contributed by atoms with van der Waals surface area (Å²) in [6.07, 6.45) is 4.33. The van der Waals surface area contributed by atoms with Gasteiger partial charge in [0.15, 0.2) is 0 Å². The SMILES string of the molecule is CCCCCCNC(=O)C(=O)NC[C@H](C)c1ccccc1. The Morgan fingerprint density at radius 3 is 2.33 bits per heavy atom. The van der Waals surface area contributed by atoms with Crippen molar-refractivity contribution in [2.75, 3.05) is 13.1 Å². The molecule has 1 atom stereocenters. The summed E-state index contributed by atoms with van der Waals surface area (Å²) in [7, 11) is 0. The second kappa shape index (κ2) is 9.97. The molecule has 0 aromatic heterocycles. The number of unbranched alkanes of at least 4 members (excludes halogenated alkanes) is 3. The smallest absolute Gasteiger partial charge is 0.309 e. The zero-order valence-electron chi connectivity index (χ0n) is 13.0. The first kappa shape index (κ1) is 17.2. The first-order chi connectivity index (χ1) is 10.1. The summed E-state index contributed by atoms with van der Waals surface area (Å²) in [5, 5.41) is 5.34. The van der Waals surface area contributed by atoms with E-state index in [1.807, 2.05) is 37.3 Å². The average molecular weight is 290 g/mol. The lowest BCUT2D eigenvalue weighted by Crippen LogP contribution is -2.41. The third-order valence-corrected chi connectivity index (χ3v) is 3.46. The molecule has 1 rings (SSSR count). The lowest BCUT2D eigenvalue weighted by molar-refractivity contribution is -0.139. The fraction of sp³-hybridized carbons (Fsp3) is 0.529. The molecule has 21 heavy (non-hydrogen) atoms. The molecule has 1 aromatic carbocycles. The maximum absolute atomic E-state index is 11.7. The number of benzene rings is 1. The van der Waals surface area contributed by atoms with Crippen LogP contribution in [0, 0.1) is 0 Å². The average Bonchev–Trinajstić information content (AvgIpc) is 2.52. The van der Waals surface area contributed by atoms with Gasteiger partial charge in [0.2, 0.25) is 0 Å². The van der Waals surface area contributed by atoms with E-state index in [2.05, 4.69) is 17.6 Å². The zero-order chi connectivity index (χ0) is 15.5. The van der Waals surface area contributed by atoms with Crippen molar-refractivity contribution >= 4 is 11.8 Å². The van der Waals surface area contributed by atoms with Crippen molar-refractivity contribution in [2.45, 2.75) is 45.4 Å². The van der Waals surface area contributed by atoms with Crippen LogP contribution in [0.1, 0.15) is 51.0 Å². The predicted molar refractivity (Wildman–Crippen MR) is 85.0 cm³/mol. The van der Waals surface area contributed by atoms with Crippen LogP contribution in [-0.2, 0) is 9.59 Å². The maximum Gasteiger partial charge on any atom is 0.309 e. The van der Waals surface area contributed by atoms with Crippen LogP contribution in [-0.4, -0.2) is 24.9 Å². The Balaban J connectivity index is 2.22. The molecule has 0 heterocycles. The lowest BCUT2D eigenvalue weighted by atomic mass is 10.0. The Morgan fingerprint density at radius 1 is 1.00 bits per heavy atom. The summed E-state index contributed by atoms with van der Waals surface area (Å²) in [6, 6.07) is 9.93. The first-order valence-corrected chi connectivity index (χ1v) is 7.76. The van der Waals surface area contributed by atoms with Crippen LogP contribution in [0.25, 0.3) is 0 Å². The zero-order valence-corrected chi connectivity index (χ0v) is 13.0. The summed E-state index contributed by atoms with van der Waals surface area (Å²) in [4.78, 5) is 23.3. The van der Waals surface area contributed by atoms with E-state index in [0.29, 0.717) is 13.1 Å². The third kappa shape index (κ3) is 6.93. The Labute approximate surface area is 127 Å². The number of carbonyl (C=O) groups is 2. The molecule has 0 radical (unpaired) electrons. The highest BCUT2D eigenvalue weighted by molar-refractivity contribution is 6.35. The van der Waals surface area contributed by atoms with Gasteiger partial charge in [-0.15, -0.1) is 0 Å². The van der Waals surface area contributed by atoms with Crippen LogP contribution in [0.5, 0.6) is 0 Å². The molecular weight excluding hydrogens is 264 g/mol. The van der Waals surface area contributed by atoms with Gasteiger partial charge in [0, 0.05) is 13.1 Å². The predicted octanol–water partition coefficient (Wildman–Crippen LogP) is 2.60. The molecule has 0 spiro atoms. The topological polar surface area (TPSA) is 58.2 Å². The molecule has 1 aromatic rings. The summed E-state index contributed by atoms with van der Waals surface area (Å²) < 4.78 is 0. The number of carbonyl (C=O) groups excluding carboxylic acids is 2. The molecule has 0 saturated carbocycles. The van der Waals surface area contributed by atoms with E-state index in [4.69, 9.17) is 0 Å². The van der Waals surface area contributed by atoms with Gasteiger partial charge in [0.1, 0.15) is 0 Å². The van der Waals surface area contributed by atoms with E-state index in [-0.39, 0.29) is 5.92 Å². The molecule has 2 amide bonds. The van der Waals surface area contributed by atoms with Crippen molar-refractivity contribution < 1.29 is 9.59 Å². The van der Waals surface area contributed by atoms with Gasteiger partial charge in [-0.2, -0.15) is 0 Å². The molecule has 2 N–H and O–H groups in total. The molecule has 0 fully saturated rings. The lowest BCUT2D eigenvalue weighted by Gasteiger charge is -2.13. The van der Waals surface area contributed by atoms with Crippen LogP contribution in [0.3, 0.4) is 0 Å². The summed E-state index contributed by atoms with van der Waals surface area (Å²) in [5.41, 5.74) is 1.15. The van der Waals surface area contributed by atoms with Crippen molar-refractivity contribution in [2.24, 2.45) is 0 Å². The van der Waals surface area contributed by atoms with Crippen LogP contribution < -0.4 is 10.6 Å². The molecule has 0 unspecified atom stereocenters. The molecule has 0 aliphatic rings. The van der Waals surface area contributed by atoms with Gasteiger partial charge < -0.3 is 10.6 Å². The van der Waals surface area contributed by atoms with Gasteiger partial charge in [-0.25, -0.2) is 0 Å². The van der Waals surface area contributed by atoms with E-state index < -0.39 is 11.8 Å². The highest BCUT2D eigenvalue weighted by atomic mass is 16.2. The van der Waals surface area contributed by atoms with E-state index >= 15 is 0 Å². The van der Waals surface area contributed by atoms with Crippen molar-refractivity contribution in [3.63, 3.8) is 0 Å². The molecule has 0 bridgehead atoms. The molecule has 0 saturated heterocycles. The molecule has 0 aliphatic carbocycles. The summed E-state index contributed by atoms with van der Waals surface area (Å²) >= 11 is 0. The Kier molecular flexibility index (Phi) is 8.17. The van der Waals surface area contributed by atoms with E-state index in [1.165, 1.54) is 0 Å². The van der Waals surface area contributed by atoms with Crippen molar-refractivity contribution in [1.29, 1.82) is 0 Å². The highest BCUT2D eigenvalue weighted by Gasteiger charge is 2.14. The number of hydrogen-bond donors (Lipinski definition) is 2. The number of nitrogens with one attached hydrogen (secondary N) is 2. The van der Waals surface area contributed by atoms with Gasteiger partial charge in [-0.1, -0.05) is 63.4 Å². The Morgan fingerprint density at radius 2 is 1.67 bits per heavy atom. The standard InChI is InChI=1S/C17H26N2O2/c1-3-4-5-9-12-18-16(20)17(21)19-13-14(2)15-10-7-6-8-11-15/h6-8,10-11,14H,3-5,9,12-13H2,1-2H3,(H,18,20)(H,19,21)/t14-/m0/s1. The Hall–Kier alpha value is -1.84. The van der Waals surface area contributed by atoms with Crippen molar-refractivity contribution in [1.82, 2.24) is 10.6 Å². The van der Waals surface area contributed by atoms with E-state index in [1.54, 1.807) is 0 Å². The van der Waals surface area contributed by atoms with E-state index in [9.17, 15) is 9.59 Å². The van der Waals surface area contributed by atoms with Gasteiger partial charge >= 0.3 is 11.8 Å². The van der Waals surface area contributed by atoms with E-state index in [0.717, 1.165) is 31.2 Å². The minimum absolute atomic E-state index is 0.188. The Bertz CT molecular complexity index is 432. The number of rotatable bonds is 8. The fourth-order valence-corrected chi connectivity index (χ4v) is 2.06. The van der Waals surface area contributed by atoms with Crippen LogP contribution in [0.15, 0.2) is 30.3 Å². The maximum atomic E-state index is 11.7. The highest BCUT2D eigenvalue weighted by Crippen LogP contribution is 2.12. The molecule has 116 valence electrons. The van der Waals surface area contributed by atoms with Gasteiger partial charge in [-0.05, 0) is 17.9 Å². The number of amides is 2. The monoisotopic (exact) mass is 290 g/mol. The second-order valence-corrected chi connectivity index (χ2v) is 5.34. The minimum Gasteiger partial charge on any atom is -0.348 e. The fourth-order valence-electron chi connectivity index (χ4n) is 2.06. The van der Waals surface area contributed by atoms with Gasteiger partial charge in [0.25, 0.3) is 0 Å². The normalized spacial score (nSPS) is 11.7. The second-order valence-electron chi connectivity index (χ2n) is 5.34. The molecule has 0 aliphatic heterocycles. The van der Waals surface area contributed by atoms with Gasteiger partial charge in [-0.3, -0.25) is 9.59 Å². The largest absolute Gasteiger partial charge is 0.348 e. The van der Waals surface area contributed by atoms with Crippen molar-refractivity contribution in [3.8, 4) is 0 Å². The van der Waals surface area contributed by atoms with Crippen molar-refractivity contribution in [3.05, 3.63) is 35.9 Å². The number of hydrogen-bond acceptors (Lipinski definition) is 2.